The molecule has 0 bridgehead atoms. The van der Waals surface area contributed by atoms with E-state index >= 15 is 0 Å². The van der Waals surface area contributed by atoms with Crippen LogP contribution in [0.4, 0.5) is 0 Å². The lowest BCUT2D eigenvalue weighted by Gasteiger charge is -2.26. The number of ether oxygens (including phenoxy) is 1. The van der Waals surface area contributed by atoms with Crippen LogP contribution >= 0.6 is 11.8 Å². The number of aryl methyl sites for hydroxylation is 1. The van der Waals surface area contributed by atoms with Gasteiger partial charge in [-0.25, -0.2) is 4.98 Å². The minimum atomic E-state index is -0.241. The number of amides is 1. The van der Waals surface area contributed by atoms with Gasteiger partial charge in [0.05, 0.1) is 18.5 Å². The van der Waals surface area contributed by atoms with E-state index in [1.807, 2.05) is 0 Å². The molecule has 1 aliphatic heterocycles. The number of aromatic nitrogens is 2. The second-order valence-electron chi connectivity index (χ2n) is 6.22. The Morgan fingerprint density at radius 2 is 2.16 bits per heavy atom. The summed E-state index contributed by atoms with van der Waals surface area (Å²) in [6.07, 6.45) is 1.65. The van der Waals surface area contributed by atoms with Crippen LogP contribution in [0.2, 0.25) is 0 Å². The molecule has 1 unspecified atom stereocenters. The summed E-state index contributed by atoms with van der Waals surface area (Å²) in [5, 5.41) is 3.37. The van der Waals surface area contributed by atoms with Crippen LogP contribution in [0.5, 0.6) is 0 Å². The zero-order valence-corrected chi connectivity index (χ0v) is 16.1. The monoisotopic (exact) mass is 368 g/mol. The molecule has 1 aromatic rings. The molecule has 0 spiro atoms. The van der Waals surface area contributed by atoms with Gasteiger partial charge in [0.15, 0.2) is 5.16 Å². The molecule has 1 atom stereocenters. The Morgan fingerprint density at radius 3 is 2.84 bits per heavy atom. The first-order valence-corrected chi connectivity index (χ1v) is 9.68. The fraction of sp³-hybridized carbons (Fsp3) is 0.706. The Morgan fingerprint density at radius 1 is 1.44 bits per heavy atom. The van der Waals surface area contributed by atoms with Gasteiger partial charge < -0.3 is 10.1 Å². The minimum absolute atomic E-state index is 0.0101. The van der Waals surface area contributed by atoms with Crippen LogP contribution in [0.1, 0.15) is 25.5 Å². The SMILES string of the molecule is CCCC(Sc1nc(C)cc(=O)n1C)C(=O)NCCN1CCOCC1. The lowest BCUT2D eigenvalue weighted by atomic mass is 10.2. The first-order valence-electron chi connectivity index (χ1n) is 8.80. The molecule has 0 radical (unpaired) electrons. The van der Waals surface area contributed by atoms with E-state index in [1.165, 1.54) is 22.4 Å². The highest BCUT2D eigenvalue weighted by molar-refractivity contribution is 8.00. The molecule has 7 nitrogen and oxygen atoms in total. The third-order valence-electron chi connectivity index (χ3n) is 4.14. The molecule has 2 rings (SSSR count). The molecule has 25 heavy (non-hydrogen) atoms. The van der Waals surface area contributed by atoms with Gasteiger partial charge >= 0.3 is 0 Å². The van der Waals surface area contributed by atoms with Crippen LogP contribution in [0, 0.1) is 6.92 Å². The van der Waals surface area contributed by atoms with Crippen molar-refractivity contribution >= 4 is 17.7 Å². The van der Waals surface area contributed by atoms with Crippen LogP contribution in [0.3, 0.4) is 0 Å². The summed E-state index contributed by atoms with van der Waals surface area (Å²) >= 11 is 1.37. The summed E-state index contributed by atoms with van der Waals surface area (Å²) < 4.78 is 6.83. The summed E-state index contributed by atoms with van der Waals surface area (Å²) in [5.74, 6) is 0.0101. The van der Waals surface area contributed by atoms with Crippen LogP contribution < -0.4 is 10.9 Å². The summed E-state index contributed by atoms with van der Waals surface area (Å²) in [5.41, 5.74) is 0.576. The van der Waals surface area contributed by atoms with E-state index in [1.54, 1.807) is 14.0 Å². The zero-order valence-electron chi connectivity index (χ0n) is 15.3. The van der Waals surface area contributed by atoms with Gasteiger partial charge in [-0.05, 0) is 13.3 Å². The van der Waals surface area contributed by atoms with Gasteiger partial charge in [0.2, 0.25) is 5.91 Å². The number of nitrogens with one attached hydrogen (secondary N) is 1. The number of rotatable bonds is 8. The highest BCUT2D eigenvalue weighted by Gasteiger charge is 2.21. The molecule has 1 saturated heterocycles. The Labute approximate surface area is 153 Å². The van der Waals surface area contributed by atoms with E-state index in [9.17, 15) is 9.59 Å². The molecule has 140 valence electrons. The highest BCUT2D eigenvalue weighted by atomic mass is 32.2. The van der Waals surface area contributed by atoms with Crippen molar-refractivity contribution < 1.29 is 9.53 Å². The van der Waals surface area contributed by atoms with Crippen molar-refractivity contribution in [1.82, 2.24) is 19.8 Å². The van der Waals surface area contributed by atoms with Gasteiger partial charge in [0, 0.05) is 45.0 Å². The summed E-state index contributed by atoms with van der Waals surface area (Å²) in [7, 11) is 1.69. The number of hydrogen-bond acceptors (Lipinski definition) is 6. The van der Waals surface area contributed by atoms with Crippen molar-refractivity contribution in [3.05, 3.63) is 22.1 Å². The zero-order chi connectivity index (χ0) is 18.2. The molecule has 0 saturated carbocycles. The Kier molecular flexibility index (Phi) is 7.92. The Balaban J connectivity index is 1.92. The number of nitrogens with zero attached hydrogens (tertiary/aromatic N) is 3. The molecule has 0 aromatic carbocycles. The quantitative estimate of drug-likeness (QED) is 0.540. The van der Waals surface area contributed by atoms with Gasteiger partial charge in [-0.3, -0.25) is 19.1 Å². The Bertz CT molecular complexity index is 629. The van der Waals surface area contributed by atoms with Gasteiger partial charge in [-0.2, -0.15) is 0 Å². The minimum Gasteiger partial charge on any atom is -0.379 e. The van der Waals surface area contributed by atoms with Crippen molar-refractivity contribution in [2.45, 2.75) is 37.1 Å². The maximum Gasteiger partial charge on any atom is 0.254 e. The van der Waals surface area contributed by atoms with Crippen molar-refractivity contribution in [3.8, 4) is 0 Å². The molecular weight excluding hydrogens is 340 g/mol. The van der Waals surface area contributed by atoms with Gasteiger partial charge in [-0.15, -0.1) is 0 Å². The van der Waals surface area contributed by atoms with Crippen molar-refractivity contribution in [2.75, 3.05) is 39.4 Å². The lowest BCUT2D eigenvalue weighted by molar-refractivity contribution is -0.120. The van der Waals surface area contributed by atoms with E-state index in [0.717, 1.165) is 45.7 Å². The van der Waals surface area contributed by atoms with Crippen molar-refractivity contribution in [3.63, 3.8) is 0 Å². The maximum absolute atomic E-state index is 12.6. The molecule has 0 aliphatic carbocycles. The standard InChI is InChI=1S/C17H28N4O3S/c1-4-5-14(25-17-19-13(2)12-15(22)20(17)3)16(23)18-6-7-21-8-10-24-11-9-21/h12,14H,4-11H2,1-3H3,(H,18,23). The topological polar surface area (TPSA) is 76.5 Å². The van der Waals surface area contributed by atoms with Crippen LogP contribution in [0.25, 0.3) is 0 Å². The summed E-state index contributed by atoms with van der Waals surface area (Å²) in [6, 6.07) is 1.50. The number of carbonyl (C=O) groups is 1. The Hall–Kier alpha value is -1.38. The first-order chi connectivity index (χ1) is 12.0. The third kappa shape index (κ3) is 6.13. The summed E-state index contributed by atoms with van der Waals surface area (Å²) in [4.78, 5) is 31.2. The van der Waals surface area contributed by atoms with Crippen molar-refractivity contribution in [2.24, 2.45) is 7.05 Å². The average Bonchev–Trinajstić information content (AvgIpc) is 2.59. The van der Waals surface area contributed by atoms with Gasteiger partial charge in [0.1, 0.15) is 0 Å². The fourth-order valence-electron chi connectivity index (χ4n) is 2.64. The normalized spacial score (nSPS) is 16.6. The molecular formula is C17H28N4O3S. The van der Waals surface area contributed by atoms with Crippen LogP contribution in [-0.4, -0.2) is 65.0 Å². The summed E-state index contributed by atoms with van der Waals surface area (Å²) in [6.45, 7) is 8.65. The second-order valence-corrected chi connectivity index (χ2v) is 7.39. The maximum atomic E-state index is 12.6. The third-order valence-corrected chi connectivity index (χ3v) is 5.45. The predicted octanol–water partition coefficient (Wildman–Crippen LogP) is 0.798. The molecule has 8 heteroatoms. The van der Waals surface area contributed by atoms with Crippen LogP contribution in [-0.2, 0) is 16.6 Å². The fourth-order valence-corrected chi connectivity index (χ4v) is 3.89. The van der Waals surface area contributed by atoms with Crippen LogP contribution in [0.15, 0.2) is 16.0 Å². The number of morpholine rings is 1. The molecule has 1 N–H and O–H groups in total. The first kappa shape index (κ1) is 19.9. The molecule has 1 fully saturated rings. The molecule has 2 heterocycles. The predicted molar refractivity (Wildman–Crippen MR) is 99.0 cm³/mol. The number of carbonyl (C=O) groups excluding carboxylic acids is 1. The van der Waals surface area contributed by atoms with E-state index in [2.05, 4.69) is 22.1 Å². The van der Waals surface area contributed by atoms with E-state index < -0.39 is 0 Å². The lowest BCUT2D eigenvalue weighted by Crippen LogP contribution is -2.43. The highest BCUT2D eigenvalue weighted by Crippen LogP contribution is 2.24. The molecule has 1 amide bonds. The van der Waals surface area contributed by atoms with E-state index in [-0.39, 0.29) is 16.7 Å². The van der Waals surface area contributed by atoms with Crippen molar-refractivity contribution in [1.29, 1.82) is 0 Å². The number of thioether (sulfide) groups is 1. The van der Waals surface area contributed by atoms with E-state index in [4.69, 9.17) is 4.74 Å². The van der Waals surface area contributed by atoms with Gasteiger partial charge in [0.25, 0.3) is 5.56 Å². The second kappa shape index (κ2) is 9.94. The molecule has 1 aromatic heterocycles. The van der Waals surface area contributed by atoms with E-state index in [0.29, 0.717) is 17.4 Å². The largest absolute Gasteiger partial charge is 0.379 e. The smallest absolute Gasteiger partial charge is 0.254 e. The molecule has 1 aliphatic rings. The number of hydrogen-bond donors (Lipinski definition) is 1. The van der Waals surface area contributed by atoms with Gasteiger partial charge in [-0.1, -0.05) is 25.1 Å². The average molecular weight is 369 g/mol.